The lowest BCUT2D eigenvalue weighted by molar-refractivity contribution is -0.383. The van der Waals surface area contributed by atoms with Crippen LogP contribution in [-0.4, -0.2) is 25.8 Å². The zero-order chi connectivity index (χ0) is 21.1. The van der Waals surface area contributed by atoms with Crippen LogP contribution in [0, 0.1) is 15.9 Å². The van der Waals surface area contributed by atoms with Crippen molar-refractivity contribution < 1.29 is 14.1 Å². The molecule has 0 fully saturated rings. The van der Waals surface area contributed by atoms with Crippen molar-refractivity contribution in [3.63, 3.8) is 0 Å². The number of amides is 1. The number of nitrogens with zero attached hydrogens (tertiary/aromatic N) is 4. The Morgan fingerprint density at radius 2 is 1.80 bits per heavy atom. The van der Waals surface area contributed by atoms with E-state index in [0.29, 0.717) is 5.13 Å². The molecule has 0 aliphatic carbocycles. The molecule has 10 nitrogen and oxygen atoms in total. The average Bonchev–Trinajstić information content (AvgIpc) is 3.14. The van der Waals surface area contributed by atoms with Gasteiger partial charge in [-0.25, -0.2) is 19.3 Å². The molecule has 0 atom stereocenters. The molecular formula is C18H12FN7O3S. The number of hydrogen-bond donors (Lipinski definition) is 3. The molecule has 150 valence electrons. The summed E-state index contributed by atoms with van der Waals surface area (Å²) in [6.45, 7) is 0. The summed E-state index contributed by atoms with van der Waals surface area (Å²) in [5.74, 6) is -1.94. The summed E-state index contributed by atoms with van der Waals surface area (Å²) >= 11 is 1.30. The van der Waals surface area contributed by atoms with E-state index in [9.17, 15) is 19.3 Å². The fourth-order valence-corrected chi connectivity index (χ4v) is 3.46. The molecule has 0 bridgehead atoms. The number of benzene rings is 2. The molecule has 2 aromatic carbocycles. The van der Waals surface area contributed by atoms with Crippen molar-refractivity contribution in [3.8, 4) is 0 Å². The van der Waals surface area contributed by atoms with Crippen LogP contribution in [0.3, 0.4) is 0 Å². The third-order valence-corrected chi connectivity index (χ3v) is 4.89. The molecule has 2 aromatic heterocycles. The summed E-state index contributed by atoms with van der Waals surface area (Å²) in [5.41, 5.74) is 4.55. The molecule has 0 radical (unpaired) electrons. The van der Waals surface area contributed by atoms with Crippen molar-refractivity contribution in [2.24, 2.45) is 0 Å². The standard InChI is InChI=1S/C18H12FN7O3S/c19-11-6-2-1-5-10(11)17(27)25-24-16-14(26(28)29)15(20-9-21-16)23-18-22-12-7-3-4-8-13(12)30-18/h1-9H,(H,25,27)(H2,20,21,22,23,24). The summed E-state index contributed by atoms with van der Waals surface area (Å²) in [6, 6.07) is 12.7. The van der Waals surface area contributed by atoms with Gasteiger partial charge in [-0.2, -0.15) is 0 Å². The second-order valence-corrected chi connectivity index (χ2v) is 6.88. The first-order chi connectivity index (χ1) is 14.5. The maximum atomic E-state index is 13.7. The molecule has 4 rings (SSSR count). The van der Waals surface area contributed by atoms with Gasteiger partial charge in [-0.1, -0.05) is 35.6 Å². The van der Waals surface area contributed by atoms with Crippen LogP contribution in [0.15, 0.2) is 54.9 Å². The van der Waals surface area contributed by atoms with Crippen LogP contribution >= 0.6 is 11.3 Å². The van der Waals surface area contributed by atoms with E-state index in [-0.39, 0.29) is 17.2 Å². The third kappa shape index (κ3) is 3.84. The Bertz CT molecular complexity index is 1230. The van der Waals surface area contributed by atoms with Crippen molar-refractivity contribution in [1.29, 1.82) is 0 Å². The molecule has 2 heterocycles. The molecule has 30 heavy (non-hydrogen) atoms. The van der Waals surface area contributed by atoms with E-state index in [2.05, 4.69) is 31.1 Å². The number of anilines is 3. The van der Waals surface area contributed by atoms with Gasteiger partial charge in [0.25, 0.3) is 5.91 Å². The van der Waals surface area contributed by atoms with Gasteiger partial charge in [-0.3, -0.25) is 25.8 Å². The number of rotatable bonds is 6. The first kappa shape index (κ1) is 19.1. The Labute approximate surface area is 171 Å². The zero-order valence-corrected chi connectivity index (χ0v) is 15.8. The lowest BCUT2D eigenvalue weighted by atomic mass is 10.2. The summed E-state index contributed by atoms with van der Waals surface area (Å²) in [6.07, 6.45) is 1.08. The zero-order valence-electron chi connectivity index (χ0n) is 15.0. The van der Waals surface area contributed by atoms with Gasteiger partial charge in [0.15, 0.2) is 5.13 Å². The second kappa shape index (κ2) is 8.05. The maximum Gasteiger partial charge on any atom is 0.355 e. The van der Waals surface area contributed by atoms with E-state index in [1.165, 1.54) is 29.5 Å². The van der Waals surface area contributed by atoms with Crippen LogP contribution in [0.5, 0.6) is 0 Å². The van der Waals surface area contributed by atoms with E-state index >= 15 is 0 Å². The number of nitro groups is 1. The highest BCUT2D eigenvalue weighted by Crippen LogP contribution is 2.33. The van der Waals surface area contributed by atoms with Crippen molar-refractivity contribution in [3.05, 3.63) is 76.4 Å². The highest BCUT2D eigenvalue weighted by Gasteiger charge is 2.24. The minimum Gasteiger partial charge on any atom is -0.310 e. The van der Waals surface area contributed by atoms with Crippen LogP contribution in [-0.2, 0) is 0 Å². The number of fused-ring (bicyclic) bond motifs is 1. The van der Waals surface area contributed by atoms with Crippen LogP contribution in [0.4, 0.5) is 26.8 Å². The van der Waals surface area contributed by atoms with E-state index < -0.39 is 22.3 Å². The molecule has 0 saturated heterocycles. The Morgan fingerprint density at radius 1 is 1.07 bits per heavy atom. The minimum atomic E-state index is -0.818. The topological polar surface area (TPSA) is 135 Å². The minimum absolute atomic E-state index is 0.114. The van der Waals surface area contributed by atoms with Crippen LogP contribution in [0.1, 0.15) is 10.4 Å². The van der Waals surface area contributed by atoms with Crippen LogP contribution in [0.25, 0.3) is 10.2 Å². The summed E-state index contributed by atoms with van der Waals surface area (Å²) in [4.78, 5) is 35.1. The summed E-state index contributed by atoms with van der Waals surface area (Å²) in [7, 11) is 0. The predicted molar refractivity (Wildman–Crippen MR) is 109 cm³/mol. The Hall–Kier alpha value is -4.19. The molecule has 0 unspecified atom stereocenters. The fourth-order valence-electron chi connectivity index (χ4n) is 2.59. The van der Waals surface area contributed by atoms with Crippen LogP contribution in [0.2, 0.25) is 0 Å². The van der Waals surface area contributed by atoms with Gasteiger partial charge in [-0.05, 0) is 24.3 Å². The fraction of sp³-hybridized carbons (Fsp3) is 0. The quantitative estimate of drug-likeness (QED) is 0.315. The molecule has 0 aliphatic heterocycles. The van der Waals surface area contributed by atoms with Gasteiger partial charge in [-0.15, -0.1) is 0 Å². The smallest absolute Gasteiger partial charge is 0.310 e. The summed E-state index contributed by atoms with van der Waals surface area (Å²) in [5, 5.41) is 14.8. The van der Waals surface area contributed by atoms with Crippen molar-refractivity contribution >= 4 is 49.9 Å². The third-order valence-electron chi connectivity index (χ3n) is 3.94. The van der Waals surface area contributed by atoms with Crippen molar-refractivity contribution in [1.82, 2.24) is 20.4 Å². The molecule has 0 aliphatic rings. The number of carbonyl (C=O) groups is 1. The van der Waals surface area contributed by atoms with E-state index in [1.54, 1.807) is 0 Å². The van der Waals surface area contributed by atoms with Gasteiger partial charge in [0.2, 0.25) is 11.6 Å². The largest absolute Gasteiger partial charge is 0.355 e. The first-order valence-electron chi connectivity index (χ1n) is 8.46. The molecule has 0 spiro atoms. The number of aromatic nitrogens is 3. The van der Waals surface area contributed by atoms with Crippen LogP contribution < -0.4 is 16.2 Å². The number of hydrogen-bond acceptors (Lipinski definition) is 9. The first-order valence-corrected chi connectivity index (χ1v) is 9.27. The molecule has 3 N–H and O–H groups in total. The van der Waals surface area contributed by atoms with Gasteiger partial charge >= 0.3 is 5.69 Å². The number of nitrogens with one attached hydrogen (secondary N) is 3. The van der Waals surface area contributed by atoms with Crippen molar-refractivity contribution in [2.75, 3.05) is 10.7 Å². The Kier molecular flexibility index (Phi) is 5.13. The monoisotopic (exact) mass is 425 g/mol. The molecule has 1 amide bonds. The molecule has 0 saturated carbocycles. The SMILES string of the molecule is O=C(NNc1ncnc(Nc2nc3ccccc3s2)c1[N+](=O)[O-])c1ccccc1F. The highest BCUT2D eigenvalue weighted by molar-refractivity contribution is 7.22. The van der Waals surface area contributed by atoms with E-state index in [0.717, 1.165) is 22.6 Å². The number of para-hydroxylation sites is 1. The maximum absolute atomic E-state index is 13.7. The van der Waals surface area contributed by atoms with Gasteiger partial charge in [0, 0.05) is 0 Å². The average molecular weight is 425 g/mol. The second-order valence-electron chi connectivity index (χ2n) is 5.85. The Morgan fingerprint density at radius 3 is 2.57 bits per heavy atom. The van der Waals surface area contributed by atoms with E-state index in [4.69, 9.17) is 0 Å². The van der Waals surface area contributed by atoms with Gasteiger partial charge in [0.1, 0.15) is 12.1 Å². The lowest BCUT2D eigenvalue weighted by Gasteiger charge is -2.10. The molecule has 4 aromatic rings. The predicted octanol–water partition coefficient (Wildman–Crippen LogP) is 3.63. The normalized spacial score (nSPS) is 10.6. The van der Waals surface area contributed by atoms with E-state index in [1.807, 2.05) is 24.3 Å². The lowest BCUT2D eigenvalue weighted by Crippen LogP contribution is -2.31. The van der Waals surface area contributed by atoms with Gasteiger partial charge in [0.05, 0.1) is 20.7 Å². The molecule has 12 heteroatoms. The van der Waals surface area contributed by atoms with Gasteiger partial charge < -0.3 is 5.32 Å². The number of thiazole rings is 1. The number of hydrazine groups is 1. The number of carbonyl (C=O) groups excluding carboxylic acids is 1. The Balaban J connectivity index is 1.59. The summed E-state index contributed by atoms with van der Waals surface area (Å²) < 4.78 is 14.6. The van der Waals surface area contributed by atoms with Crippen molar-refractivity contribution in [2.45, 2.75) is 0 Å². The number of halogens is 1. The molecular weight excluding hydrogens is 413 g/mol. The highest BCUT2D eigenvalue weighted by atomic mass is 32.1.